The lowest BCUT2D eigenvalue weighted by molar-refractivity contribution is 0.308. The van der Waals surface area contributed by atoms with Crippen LogP contribution in [0.5, 0.6) is 11.5 Å². The van der Waals surface area contributed by atoms with Crippen molar-refractivity contribution in [1.82, 2.24) is 9.97 Å². The maximum absolute atomic E-state index is 8.72. The highest BCUT2D eigenvalue weighted by atomic mass is 79.9. The number of alkyl halides is 1. The summed E-state index contributed by atoms with van der Waals surface area (Å²) in [4.78, 5) is 7.68. The monoisotopic (exact) mass is 538 g/mol. The molecule has 0 radical (unpaired) electrons. The van der Waals surface area contributed by atoms with E-state index in [0.717, 1.165) is 39.5 Å². The Morgan fingerprint density at radius 2 is 1.52 bits per heavy atom. The van der Waals surface area contributed by atoms with Gasteiger partial charge in [-0.25, -0.2) is 0 Å². The van der Waals surface area contributed by atoms with Crippen LogP contribution in [0.4, 0.5) is 0 Å². The maximum Gasteiger partial charge on any atom is 0.138 e. The molecule has 0 aromatic carbocycles. The van der Waals surface area contributed by atoms with E-state index in [4.69, 9.17) is 9.84 Å². The summed E-state index contributed by atoms with van der Waals surface area (Å²) >= 11 is 9.78. The first-order valence-electron chi connectivity index (χ1n) is 8.12. The number of rotatable bonds is 6. The molecular weight excluding hydrogens is 516 g/mol. The number of nitrogens with zero attached hydrogens (tertiary/aromatic N) is 2. The average Bonchev–Trinajstić information content (AvgIpc) is 2.57. The van der Waals surface area contributed by atoms with Gasteiger partial charge in [-0.1, -0.05) is 42.6 Å². The van der Waals surface area contributed by atoms with Gasteiger partial charge in [0, 0.05) is 26.7 Å². The van der Waals surface area contributed by atoms with E-state index in [9.17, 15) is 0 Å². The van der Waals surface area contributed by atoms with Crippen LogP contribution in [0.2, 0.25) is 0 Å². The topological polar surface area (TPSA) is 55.2 Å². The Morgan fingerprint density at radius 1 is 0.920 bits per heavy atom. The second-order valence-electron chi connectivity index (χ2n) is 4.94. The number of hydrogen-bond acceptors (Lipinski definition) is 4. The van der Waals surface area contributed by atoms with Gasteiger partial charge in [0.15, 0.2) is 0 Å². The van der Waals surface area contributed by atoms with Crippen molar-refractivity contribution in [2.75, 3.05) is 11.9 Å². The van der Waals surface area contributed by atoms with Gasteiger partial charge >= 0.3 is 0 Å². The molecule has 0 saturated carbocycles. The lowest BCUT2D eigenvalue weighted by Gasteiger charge is -2.03. The third-order valence-corrected chi connectivity index (χ3v) is 4.05. The molecule has 0 saturated heterocycles. The molecule has 0 fully saturated rings. The fraction of sp³-hybridized carbons (Fsp3) is 0.444. The summed E-state index contributed by atoms with van der Waals surface area (Å²) in [5.41, 5.74) is 0. The van der Waals surface area contributed by atoms with Crippen LogP contribution in [-0.2, 0) is 0 Å². The Bertz CT molecular complexity index is 552. The molecule has 140 valence electrons. The first-order valence-corrected chi connectivity index (χ1v) is 10.8. The highest BCUT2D eigenvalue weighted by molar-refractivity contribution is 9.10. The van der Waals surface area contributed by atoms with Crippen LogP contribution in [0.1, 0.15) is 39.5 Å². The minimum atomic E-state index is 0.180. The van der Waals surface area contributed by atoms with Gasteiger partial charge in [0.25, 0.3) is 0 Å². The predicted octanol–water partition coefficient (Wildman–Crippen LogP) is 6.75. The molecule has 0 amide bonds. The van der Waals surface area contributed by atoms with E-state index in [1.165, 1.54) is 19.0 Å². The Labute approximate surface area is 175 Å². The van der Waals surface area contributed by atoms with Crippen molar-refractivity contribution < 1.29 is 9.84 Å². The van der Waals surface area contributed by atoms with Gasteiger partial charge in [0.2, 0.25) is 0 Å². The van der Waals surface area contributed by atoms with E-state index in [0.29, 0.717) is 0 Å². The first kappa shape index (κ1) is 24.3. The molecule has 25 heavy (non-hydrogen) atoms. The van der Waals surface area contributed by atoms with Crippen LogP contribution in [0, 0.1) is 0 Å². The van der Waals surface area contributed by atoms with Crippen molar-refractivity contribution in [3.05, 3.63) is 45.9 Å². The van der Waals surface area contributed by atoms with Gasteiger partial charge in [-0.2, -0.15) is 0 Å². The average molecular weight is 541 g/mol. The number of aromatic hydroxyl groups is 1. The molecule has 0 aliphatic rings. The quantitative estimate of drug-likeness (QED) is 0.325. The molecule has 0 spiro atoms. The highest BCUT2D eigenvalue weighted by Crippen LogP contribution is 2.15. The van der Waals surface area contributed by atoms with Crippen LogP contribution >= 0.6 is 47.8 Å². The Kier molecular flexibility index (Phi) is 16.3. The van der Waals surface area contributed by atoms with E-state index in [-0.39, 0.29) is 5.75 Å². The number of aromatic nitrogens is 2. The molecule has 1 N–H and O–H groups in total. The molecule has 0 aliphatic carbocycles. The van der Waals surface area contributed by atoms with Crippen molar-refractivity contribution >= 4 is 47.8 Å². The summed E-state index contributed by atoms with van der Waals surface area (Å²) in [6.07, 6.45) is 11.3. The van der Waals surface area contributed by atoms with Gasteiger partial charge in [-0.15, -0.1) is 0 Å². The van der Waals surface area contributed by atoms with Gasteiger partial charge in [0.05, 0.1) is 19.0 Å². The number of unbranched alkanes of at least 4 members (excludes halogenated alkanes) is 2. The number of hydrogen-bond donors (Lipinski definition) is 1. The lowest BCUT2D eigenvalue weighted by Crippen LogP contribution is -1.96. The second-order valence-corrected chi connectivity index (χ2v) is 7.57. The summed E-state index contributed by atoms with van der Waals surface area (Å²) in [6.45, 7) is 5.10. The molecule has 2 rings (SSSR count). The molecule has 7 heteroatoms. The standard InChI is InChI=1S/C9H12BrNO.C5H4BrNO.C4H9Br/c1-2-3-4-12-9-5-8(10)6-11-7-9;6-4-1-5(8)3-7-2-4;1-2-3-4-5/h5-7H,2-4H2,1H3;1-3,8H;2-4H2,1H3. The molecule has 0 unspecified atom stereocenters. The zero-order valence-corrected chi connectivity index (χ0v) is 19.3. The smallest absolute Gasteiger partial charge is 0.138 e. The number of ether oxygens (including phenoxy) is 1. The zero-order chi connectivity index (χ0) is 18.9. The van der Waals surface area contributed by atoms with Crippen LogP contribution < -0.4 is 4.74 Å². The largest absolute Gasteiger partial charge is 0.506 e. The van der Waals surface area contributed by atoms with Gasteiger partial charge in [-0.3, -0.25) is 9.97 Å². The van der Waals surface area contributed by atoms with Gasteiger partial charge in [-0.05, 0) is 56.8 Å². The molecule has 2 aromatic rings. The fourth-order valence-corrected chi connectivity index (χ4v) is 2.60. The Morgan fingerprint density at radius 3 is 1.92 bits per heavy atom. The van der Waals surface area contributed by atoms with E-state index in [1.54, 1.807) is 24.7 Å². The highest BCUT2D eigenvalue weighted by Gasteiger charge is 1.93. The minimum absolute atomic E-state index is 0.180. The maximum atomic E-state index is 8.72. The van der Waals surface area contributed by atoms with Crippen LogP contribution in [0.3, 0.4) is 0 Å². The van der Waals surface area contributed by atoms with E-state index < -0.39 is 0 Å². The summed E-state index contributed by atoms with van der Waals surface area (Å²) in [5.74, 6) is 1.01. The Hall–Kier alpha value is -0.660. The van der Waals surface area contributed by atoms with Crippen molar-refractivity contribution in [3.63, 3.8) is 0 Å². The third-order valence-electron chi connectivity index (χ3n) is 2.62. The third kappa shape index (κ3) is 15.3. The zero-order valence-electron chi connectivity index (χ0n) is 14.6. The summed E-state index contributed by atoms with van der Waals surface area (Å²) in [5, 5.41) is 9.88. The van der Waals surface area contributed by atoms with Crippen molar-refractivity contribution in [2.45, 2.75) is 39.5 Å². The minimum Gasteiger partial charge on any atom is -0.506 e. The molecule has 4 nitrogen and oxygen atoms in total. The molecular formula is C18H25Br3N2O2. The van der Waals surface area contributed by atoms with Gasteiger partial charge < -0.3 is 9.84 Å². The molecule has 0 bridgehead atoms. The molecule has 0 aliphatic heterocycles. The van der Waals surface area contributed by atoms with Gasteiger partial charge in [0.1, 0.15) is 11.5 Å². The van der Waals surface area contributed by atoms with Crippen molar-refractivity contribution in [2.24, 2.45) is 0 Å². The predicted molar refractivity (Wildman–Crippen MR) is 115 cm³/mol. The number of pyridine rings is 2. The van der Waals surface area contributed by atoms with E-state index in [2.05, 4.69) is 71.6 Å². The summed E-state index contributed by atoms with van der Waals surface area (Å²) < 4.78 is 7.18. The molecule has 2 heterocycles. The lowest BCUT2D eigenvalue weighted by atomic mass is 10.4. The molecule has 0 atom stereocenters. The van der Waals surface area contributed by atoms with Crippen molar-refractivity contribution in [3.8, 4) is 11.5 Å². The van der Waals surface area contributed by atoms with E-state index >= 15 is 0 Å². The summed E-state index contributed by atoms with van der Waals surface area (Å²) in [6, 6.07) is 3.50. The van der Waals surface area contributed by atoms with E-state index in [1.807, 2.05) is 6.07 Å². The van der Waals surface area contributed by atoms with Crippen molar-refractivity contribution in [1.29, 1.82) is 0 Å². The Balaban J connectivity index is 0.000000382. The number of halogens is 3. The van der Waals surface area contributed by atoms with Crippen LogP contribution in [0.15, 0.2) is 45.9 Å². The normalized spacial score (nSPS) is 9.32. The molecule has 2 aromatic heterocycles. The van der Waals surface area contributed by atoms with Crippen LogP contribution in [0.25, 0.3) is 0 Å². The summed E-state index contributed by atoms with van der Waals surface area (Å²) in [7, 11) is 0. The second kappa shape index (κ2) is 16.8. The fourth-order valence-electron chi connectivity index (χ4n) is 1.34. The SMILES string of the molecule is CCCCBr.CCCCOc1cncc(Br)c1.Oc1cncc(Br)c1. The first-order chi connectivity index (χ1) is 12.0. The van der Waals surface area contributed by atoms with Crippen LogP contribution in [-0.4, -0.2) is 27.0 Å².